The molecule has 0 radical (unpaired) electrons. The Hall–Kier alpha value is -2.62. The minimum atomic E-state index is -0.559. The summed E-state index contributed by atoms with van der Waals surface area (Å²) in [6.07, 6.45) is 3.32. The molecule has 4 atom stereocenters. The summed E-state index contributed by atoms with van der Waals surface area (Å²) < 4.78 is 0. The normalized spacial score (nSPS) is 27.4. The molecule has 2 aromatic rings. The summed E-state index contributed by atoms with van der Waals surface area (Å²) in [5.41, 5.74) is 3.09. The van der Waals surface area contributed by atoms with Crippen LogP contribution in [0.25, 0.3) is 0 Å². The summed E-state index contributed by atoms with van der Waals surface area (Å²) in [7, 11) is 0. The zero-order valence-corrected chi connectivity index (χ0v) is 18.3. The maximum Gasteiger partial charge on any atom is 0.250 e. The lowest BCUT2D eigenvalue weighted by Gasteiger charge is -2.47. The van der Waals surface area contributed by atoms with Gasteiger partial charge in [0.25, 0.3) is 5.91 Å². The number of rotatable bonds is 4. The molecule has 0 aromatic heterocycles. The van der Waals surface area contributed by atoms with Gasteiger partial charge in [0.15, 0.2) is 0 Å². The van der Waals surface area contributed by atoms with E-state index < -0.39 is 6.04 Å². The molecule has 1 aliphatic carbocycles. The van der Waals surface area contributed by atoms with E-state index in [2.05, 4.69) is 13.8 Å². The Kier molecular flexibility index (Phi) is 5.94. The smallest absolute Gasteiger partial charge is 0.250 e. The highest BCUT2D eigenvalue weighted by atomic mass is 16.2. The Labute approximate surface area is 179 Å². The second-order valence-corrected chi connectivity index (χ2v) is 9.12. The molecule has 0 bridgehead atoms. The number of aryl methyl sites for hydroxylation is 1. The van der Waals surface area contributed by atoms with Crippen molar-refractivity contribution in [2.75, 3.05) is 6.54 Å². The number of hydrogen-bond acceptors (Lipinski definition) is 2. The van der Waals surface area contributed by atoms with E-state index in [0.29, 0.717) is 18.4 Å². The van der Waals surface area contributed by atoms with Gasteiger partial charge in [-0.15, -0.1) is 0 Å². The van der Waals surface area contributed by atoms with E-state index in [4.69, 9.17) is 0 Å². The molecule has 1 aliphatic heterocycles. The van der Waals surface area contributed by atoms with E-state index >= 15 is 0 Å². The molecule has 1 saturated carbocycles. The van der Waals surface area contributed by atoms with Crippen LogP contribution in [0.3, 0.4) is 0 Å². The number of amides is 2. The first-order valence-corrected chi connectivity index (χ1v) is 11.2. The zero-order chi connectivity index (χ0) is 21.3. The van der Waals surface area contributed by atoms with E-state index in [1.807, 2.05) is 66.4 Å². The summed E-state index contributed by atoms with van der Waals surface area (Å²) in [6.45, 7) is 7.19. The quantitative estimate of drug-likeness (QED) is 0.739. The van der Waals surface area contributed by atoms with Crippen LogP contribution < -0.4 is 0 Å². The SMILES string of the molecule is Cc1ccc(C2C(=O)N(C3CCCC(C)C3C)CC(=O)N2Cc2ccccc2)cc1. The molecule has 2 fully saturated rings. The lowest BCUT2D eigenvalue weighted by molar-refractivity contribution is -0.161. The highest BCUT2D eigenvalue weighted by Gasteiger charge is 2.45. The van der Waals surface area contributed by atoms with E-state index in [0.717, 1.165) is 29.5 Å². The summed E-state index contributed by atoms with van der Waals surface area (Å²) in [5.74, 6) is 1.09. The fourth-order valence-electron chi connectivity index (χ4n) is 5.05. The van der Waals surface area contributed by atoms with Crippen LogP contribution in [0.5, 0.6) is 0 Å². The summed E-state index contributed by atoms with van der Waals surface area (Å²) in [5, 5.41) is 0. The highest BCUT2D eigenvalue weighted by molar-refractivity contribution is 5.95. The molecular weight excluding hydrogens is 372 g/mol. The first kappa shape index (κ1) is 20.6. The summed E-state index contributed by atoms with van der Waals surface area (Å²) in [6, 6.07) is 17.6. The first-order chi connectivity index (χ1) is 14.5. The second kappa shape index (κ2) is 8.63. The van der Waals surface area contributed by atoms with E-state index in [9.17, 15) is 9.59 Å². The topological polar surface area (TPSA) is 40.6 Å². The third-order valence-corrected chi connectivity index (χ3v) is 7.11. The second-order valence-electron chi connectivity index (χ2n) is 9.12. The van der Waals surface area contributed by atoms with Crippen LogP contribution in [-0.2, 0) is 16.1 Å². The van der Waals surface area contributed by atoms with Crippen molar-refractivity contribution < 1.29 is 9.59 Å². The van der Waals surface area contributed by atoms with Gasteiger partial charge in [0.2, 0.25) is 5.91 Å². The third-order valence-electron chi connectivity index (χ3n) is 7.11. The summed E-state index contributed by atoms with van der Waals surface area (Å²) >= 11 is 0. The van der Waals surface area contributed by atoms with Crippen LogP contribution in [0, 0.1) is 18.8 Å². The molecule has 0 N–H and O–H groups in total. The van der Waals surface area contributed by atoms with Gasteiger partial charge in [-0.05, 0) is 36.3 Å². The predicted molar refractivity (Wildman–Crippen MR) is 119 cm³/mol. The van der Waals surface area contributed by atoms with Crippen molar-refractivity contribution in [3.63, 3.8) is 0 Å². The van der Waals surface area contributed by atoms with Crippen molar-refractivity contribution >= 4 is 11.8 Å². The average molecular weight is 405 g/mol. The molecule has 4 unspecified atom stereocenters. The molecule has 2 aliphatic rings. The highest BCUT2D eigenvalue weighted by Crippen LogP contribution is 2.37. The van der Waals surface area contributed by atoms with Crippen LogP contribution in [0.4, 0.5) is 0 Å². The van der Waals surface area contributed by atoms with Gasteiger partial charge in [-0.2, -0.15) is 0 Å². The Morgan fingerprint density at radius 2 is 1.63 bits per heavy atom. The third kappa shape index (κ3) is 4.00. The maximum absolute atomic E-state index is 13.8. The van der Waals surface area contributed by atoms with Gasteiger partial charge < -0.3 is 9.80 Å². The summed E-state index contributed by atoms with van der Waals surface area (Å²) in [4.78, 5) is 30.9. The Morgan fingerprint density at radius 1 is 0.933 bits per heavy atom. The molecule has 2 aromatic carbocycles. The number of hydrogen-bond donors (Lipinski definition) is 0. The Balaban J connectivity index is 1.69. The molecule has 30 heavy (non-hydrogen) atoms. The van der Waals surface area contributed by atoms with Crippen molar-refractivity contribution in [3.05, 3.63) is 71.3 Å². The average Bonchev–Trinajstić information content (AvgIpc) is 2.75. The zero-order valence-electron chi connectivity index (χ0n) is 18.3. The number of carbonyl (C=O) groups excluding carboxylic acids is 2. The largest absolute Gasteiger partial charge is 0.328 e. The van der Waals surface area contributed by atoms with Gasteiger partial charge in [0.05, 0.1) is 0 Å². The number of nitrogens with zero attached hydrogens (tertiary/aromatic N) is 2. The minimum absolute atomic E-state index is 0.0365. The molecular formula is C26H32N2O2. The van der Waals surface area contributed by atoms with Crippen molar-refractivity contribution in [3.8, 4) is 0 Å². The van der Waals surface area contributed by atoms with Crippen LogP contribution >= 0.6 is 0 Å². The fourth-order valence-corrected chi connectivity index (χ4v) is 5.05. The molecule has 1 heterocycles. The van der Waals surface area contributed by atoms with Crippen molar-refractivity contribution in [2.24, 2.45) is 11.8 Å². The van der Waals surface area contributed by atoms with Gasteiger partial charge in [-0.1, -0.05) is 86.8 Å². The molecule has 4 nitrogen and oxygen atoms in total. The van der Waals surface area contributed by atoms with Crippen LogP contribution in [0.1, 0.15) is 55.8 Å². The van der Waals surface area contributed by atoms with Crippen LogP contribution in [0.2, 0.25) is 0 Å². The van der Waals surface area contributed by atoms with Gasteiger partial charge in [-0.25, -0.2) is 0 Å². The monoisotopic (exact) mass is 404 g/mol. The van der Waals surface area contributed by atoms with Crippen LogP contribution in [-0.4, -0.2) is 34.2 Å². The molecule has 1 saturated heterocycles. The molecule has 4 heteroatoms. The number of piperazine rings is 1. The van der Waals surface area contributed by atoms with E-state index in [-0.39, 0.29) is 24.4 Å². The Bertz CT molecular complexity index is 893. The molecule has 158 valence electrons. The predicted octanol–water partition coefficient (Wildman–Crippen LogP) is 4.73. The molecule has 0 spiro atoms. The molecule has 2 amide bonds. The van der Waals surface area contributed by atoms with Crippen molar-refractivity contribution in [2.45, 2.75) is 58.7 Å². The van der Waals surface area contributed by atoms with Gasteiger partial charge in [-0.3, -0.25) is 9.59 Å². The van der Waals surface area contributed by atoms with Crippen molar-refractivity contribution in [1.29, 1.82) is 0 Å². The maximum atomic E-state index is 13.8. The van der Waals surface area contributed by atoms with E-state index in [1.54, 1.807) is 4.90 Å². The minimum Gasteiger partial charge on any atom is -0.328 e. The lowest BCUT2D eigenvalue weighted by Crippen LogP contribution is -2.60. The van der Waals surface area contributed by atoms with Gasteiger partial charge in [0.1, 0.15) is 12.6 Å². The van der Waals surface area contributed by atoms with Crippen molar-refractivity contribution in [1.82, 2.24) is 9.80 Å². The van der Waals surface area contributed by atoms with E-state index in [1.165, 1.54) is 6.42 Å². The van der Waals surface area contributed by atoms with Gasteiger partial charge in [0, 0.05) is 12.6 Å². The standard InChI is InChI=1S/C26H32N2O2/c1-18-12-14-22(15-13-18)25-26(30)27(23-11-7-8-19(2)20(23)3)17-24(29)28(25)16-21-9-5-4-6-10-21/h4-6,9-10,12-15,19-20,23,25H,7-8,11,16-17H2,1-3H3. The van der Waals surface area contributed by atoms with Gasteiger partial charge >= 0.3 is 0 Å². The Morgan fingerprint density at radius 3 is 2.33 bits per heavy atom. The number of carbonyl (C=O) groups is 2. The first-order valence-electron chi connectivity index (χ1n) is 11.2. The molecule has 4 rings (SSSR count). The number of benzene rings is 2. The van der Waals surface area contributed by atoms with Crippen LogP contribution in [0.15, 0.2) is 54.6 Å². The lowest BCUT2D eigenvalue weighted by atomic mass is 9.76. The fraction of sp³-hybridized carbons (Fsp3) is 0.462.